The lowest BCUT2D eigenvalue weighted by Crippen LogP contribution is -2.41. The Morgan fingerprint density at radius 1 is 0.909 bits per heavy atom. The summed E-state index contributed by atoms with van der Waals surface area (Å²) < 4.78 is 0. The highest BCUT2D eigenvalue weighted by atomic mass is 127. The Hall–Kier alpha value is -0.530. The number of aliphatic imine (C=N–C) groups is 1. The molecule has 0 spiro atoms. The Morgan fingerprint density at radius 3 is 1.95 bits per heavy atom. The number of rotatable bonds is 5. The van der Waals surface area contributed by atoms with E-state index in [2.05, 4.69) is 15.6 Å². The summed E-state index contributed by atoms with van der Waals surface area (Å²) in [5.41, 5.74) is 5.88. The fourth-order valence-electron chi connectivity index (χ4n) is 3.33. The molecule has 0 heterocycles. The molecule has 128 valence electrons. The molecule has 0 radical (unpaired) electrons. The second kappa shape index (κ2) is 11.1. The topological polar surface area (TPSA) is 79.5 Å². The Kier molecular flexibility index (Phi) is 9.82. The monoisotopic (exact) mass is 422 g/mol. The first kappa shape index (κ1) is 19.5. The van der Waals surface area contributed by atoms with Crippen LogP contribution in [0.4, 0.5) is 0 Å². The van der Waals surface area contributed by atoms with Gasteiger partial charge in [-0.25, -0.2) is 0 Å². The highest BCUT2D eigenvalue weighted by Gasteiger charge is 2.15. The maximum Gasteiger partial charge on any atom is 0.222 e. The molecule has 1 amide bonds. The summed E-state index contributed by atoms with van der Waals surface area (Å²) in [6, 6.07) is 0.853. The van der Waals surface area contributed by atoms with Gasteiger partial charge in [0.2, 0.25) is 5.91 Å². The quantitative estimate of drug-likeness (QED) is 0.362. The van der Waals surface area contributed by atoms with Crippen molar-refractivity contribution in [2.75, 3.05) is 6.54 Å². The summed E-state index contributed by atoms with van der Waals surface area (Å²) >= 11 is 0. The summed E-state index contributed by atoms with van der Waals surface area (Å²) in [6.45, 7) is 0.476. The van der Waals surface area contributed by atoms with E-state index in [0.717, 1.165) is 12.8 Å². The van der Waals surface area contributed by atoms with Crippen molar-refractivity contribution in [3.63, 3.8) is 0 Å². The van der Waals surface area contributed by atoms with Crippen molar-refractivity contribution in [1.29, 1.82) is 0 Å². The number of nitrogens with one attached hydrogen (secondary N) is 2. The molecule has 5 nitrogen and oxygen atoms in total. The fraction of sp³-hybridized carbons (Fsp3) is 0.875. The van der Waals surface area contributed by atoms with E-state index in [1.54, 1.807) is 0 Å². The van der Waals surface area contributed by atoms with Crippen molar-refractivity contribution in [1.82, 2.24) is 10.6 Å². The second-order valence-electron chi connectivity index (χ2n) is 6.40. The van der Waals surface area contributed by atoms with E-state index >= 15 is 0 Å². The zero-order valence-electron chi connectivity index (χ0n) is 13.5. The number of carbonyl (C=O) groups excluding carboxylic acids is 1. The predicted molar refractivity (Wildman–Crippen MR) is 102 cm³/mol. The minimum absolute atomic E-state index is 0. The molecule has 22 heavy (non-hydrogen) atoms. The lowest BCUT2D eigenvalue weighted by atomic mass is 9.95. The van der Waals surface area contributed by atoms with Gasteiger partial charge in [0, 0.05) is 18.5 Å². The normalized spacial score (nSPS) is 21.0. The van der Waals surface area contributed by atoms with Gasteiger partial charge < -0.3 is 16.4 Å². The number of hydrogen-bond donors (Lipinski definition) is 3. The van der Waals surface area contributed by atoms with Crippen LogP contribution >= 0.6 is 24.0 Å². The van der Waals surface area contributed by atoms with E-state index < -0.39 is 0 Å². The number of carbonyl (C=O) groups is 1. The molecule has 2 aliphatic carbocycles. The van der Waals surface area contributed by atoms with E-state index in [9.17, 15) is 4.79 Å². The van der Waals surface area contributed by atoms with Crippen molar-refractivity contribution < 1.29 is 4.79 Å². The molecule has 0 aliphatic heterocycles. The molecule has 0 aromatic carbocycles. The van der Waals surface area contributed by atoms with Gasteiger partial charge in [0.1, 0.15) is 0 Å². The van der Waals surface area contributed by atoms with E-state index in [1.165, 1.54) is 51.4 Å². The summed E-state index contributed by atoms with van der Waals surface area (Å²) in [6.07, 6.45) is 12.7. The number of hydrogen-bond acceptors (Lipinski definition) is 2. The van der Waals surface area contributed by atoms with Gasteiger partial charge in [-0.1, -0.05) is 38.5 Å². The van der Waals surface area contributed by atoms with Crippen LogP contribution in [0.1, 0.15) is 70.6 Å². The molecular weight excluding hydrogens is 391 g/mol. The molecule has 6 heteroatoms. The third-order valence-electron chi connectivity index (χ3n) is 4.55. The number of nitrogens with two attached hydrogens (primary N) is 1. The molecule has 2 rings (SSSR count). The van der Waals surface area contributed by atoms with Crippen molar-refractivity contribution >= 4 is 35.8 Å². The molecule has 0 aromatic heterocycles. The Bertz CT molecular complexity index is 350. The van der Waals surface area contributed by atoms with E-state index in [-0.39, 0.29) is 29.9 Å². The number of guanidine groups is 1. The van der Waals surface area contributed by atoms with Crippen LogP contribution in [-0.4, -0.2) is 30.5 Å². The average molecular weight is 422 g/mol. The van der Waals surface area contributed by atoms with Crippen LogP contribution in [0.15, 0.2) is 4.99 Å². The zero-order chi connectivity index (χ0) is 14.9. The number of nitrogens with zero attached hydrogens (tertiary/aromatic N) is 1. The fourth-order valence-corrected chi connectivity index (χ4v) is 3.33. The van der Waals surface area contributed by atoms with Gasteiger partial charge in [-0.2, -0.15) is 0 Å². The van der Waals surface area contributed by atoms with Crippen molar-refractivity contribution in [3.05, 3.63) is 0 Å². The van der Waals surface area contributed by atoms with E-state index in [4.69, 9.17) is 5.73 Å². The van der Waals surface area contributed by atoms with Gasteiger partial charge in [-0.05, 0) is 25.7 Å². The first-order chi connectivity index (χ1) is 10.2. The summed E-state index contributed by atoms with van der Waals surface area (Å²) in [5, 5.41) is 6.37. The highest BCUT2D eigenvalue weighted by molar-refractivity contribution is 14.0. The number of halogens is 1. The van der Waals surface area contributed by atoms with Crippen LogP contribution in [0.3, 0.4) is 0 Å². The third-order valence-corrected chi connectivity index (χ3v) is 4.55. The van der Waals surface area contributed by atoms with E-state index in [1.807, 2.05) is 0 Å². The highest BCUT2D eigenvalue weighted by Crippen LogP contribution is 2.18. The predicted octanol–water partition coefficient (Wildman–Crippen LogP) is 2.68. The summed E-state index contributed by atoms with van der Waals surface area (Å²) in [4.78, 5) is 16.1. The van der Waals surface area contributed by atoms with Gasteiger partial charge in [0.15, 0.2) is 5.96 Å². The summed E-state index contributed by atoms with van der Waals surface area (Å²) in [7, 11) is 0. The first-order valence-corrected chi connectivity index (χ1v) is 8.60. The van der Waals surface area contributed by atoms with Crippen LogP contribution < -0.4 is 16.4 Å². The minimum atomic E-state index is 0. The largest absolute Gasteiger partial charge is 0.370 e. The van der Waals surface area contributed by atoms with Gasteiger partial charge in [0.05, 0.1) is 6.54 Å². The Balaban J connectivity index is 0.00000242. The van der Waals surface area contributed by atoms with Crippen LogP contribution in [0.25, 0.3) is 0 Å². The Labute approximate surface area is 151 Å². The van der Waals surface area contributed by atoms with E-state index in [0.29, 0.717) is 31.0 Å². The van der Waals surface area contributed by atoms with Gasteiger partial charge >= 0.3 is 0 Å². The maximum atomic E-state index is 11.8. The van der Waals surface area contributed by atoms with Crippen LogP contribution in [-0.2, 0) is 4.79 Å². The van der Waals surface area contributed by atoms with Crippen molar-refractivity contribution in [2.45, 2.75) is 82.7 Å². The maximum absolute atomic E-state index is 11.8. The molecule has 0 saturated heterocycles. The molecule has 2 fully saturated rings. The van der Waals surface area contributed by atoms with Crippen LogP contribution in [0.2, 0.25) is 0 Å². The lowest BCUT2D eigenvalue weighted by Gasteiger charge is -2.23. The molecule has 4 N–H and O–H groups in total. The van der Waals surface area contributed by atoms with Crippen molar-refractivity contribution in [3.8, 4) is 0 Å². The molecule has 0 aromatic rings. The van der Waals surface area contributed by atoms with Gasteiger partial charge in [-0.3, -0.25) is 9.79 Å². The van der Waals surface area contributed by atoms with Crippen molar-refractivity contribution in [2.24, 2.45) is 10.7 Å². The SMILES string of the molecule is I.NC(=NCCC(=O)NC1CCCCC1)NC1CCCCC1. The molecule has 0 bridgehead atoms. The Morgan fingerprint density at radius 2 is 1.41 bits per heavy atom. The van der Waals surface area contributed by atoms with Gasteiger partial charge in [0.25, 0.3) is 0 Å². The molecule has 2 saturated carbocycles. The summed E-state index contributed by atoms with van der Waals surface area (Å²) in [5.74, 6) is 0.600. The smallest absolute Gasteiger partial charge is 0.222 e. The first-order valence-electron chi connectivity index (χ1n) is 8.60. The minimum Gasteiger partial charge on any atom is -0.370 e. The zero-order valence-corrected chi connectivity index (χ0v) is 15.8. The molecule has 0 atom stereocenters. The average Bonchev–Trinajstić information content (AvgIpc) is 2.49. The molecular formula is C16H31IN4O. The van der Waals surface area contributed by atoms with Crippen LogP contribution in [0.5, 0.6) is 0 Å². The number of amides is 1. The van der Waals surface area contributed by atoms with Crippen LogP contribution in [0, 0.1) is 0 Å². The third kappa shape index (κ3) is 7.65. The molecule has 0 unspecified atom stereocenters. The standard InChI is InChI=1S/C16H30N4O.HI/c17-16(20-14-9-5-2-6-10-14)18-12-11-15(21)19-13-7-3-1-4-8-13;/h13-14H,1-12H2,(H,19,21)(H3,17,18,20);1H. The second-order valence-corrected chi connectivity index (χ2v) is 6.40. The van der Waals surface area contributed by atoms with Gasteiger partial charge in [-0.15, -0.1) is 24.0 Å². The lowest BCUT2D eigenvalue weighted by molar-refractivity contribution is -0.121. The molecule has 2 aliphatic rings.